The van der Waals surface area contributed by atoms with Gasteiger partial charge >= 0.3 is 5.97 Å². The van der Waals surface area contributed by atoms with E-state index >= 15 is 0 Å². The SMILES string of the molecule is CO[C@H]1C[C@@H]2CC[C@@H](C)[C@@](O)(O2)C(=O)C(=O)N2CCCC[C@H]2C(=O)O[C@H]([C@H](C)C[C@@H]2CC[C@@H](O)[C@H](F)C2)CC(=O)[C@H](C)/C=C(\C)[C@@H](O)[C@@H](CO)C(=O)[C@H](C)C[C@H](C)/C=C/C=CC=C1C. The summed E-state index contributed by atoms with van der Waals surface area (Å²) in [6.45, 7) is 11.8. The molecular formula is C50H76FNO12. The largest absolute Gasteiger partial charge is 0.460 e. The van der Waals surface area contributed by atoms with E-state index in [1.165, 1.54) is 0 Å². The molecule has 4 rings (SSSR count). The predicted octanol–water partition coefficient (Wildman–Crippen LogP) is 6.10. The quantitative estimate of drug-likeness (QED) is 0.141. The number of fused-ring (bicyclic) bond motifs is 3. The summed E-state index contributed by atoms with van der Waals surface area (Å²) in [7, 11) is 1.56. The number of aliphatic hydroxyl groups excluding tert-OH is 3. The molecule has 0 spiro atoms. The van der Waals surface area contributed by atoms with Gasteiger partial charge in [-0.3, -0.25) is 19.2 Å². The molecule has 0 radical (unpaired) electrons. The smallest absolute Gasteiger partial charge is 0.329 e. The number of hydrogen-bond acceptors (Lipinski definition) is 12. The Morgan fingerprint density at radius 2 is 1.64 bits per heavy atom. The van der Waals surface area contributed by atoms with E-state index in [0.29, 0.717) is 56.9 Å². The van der Waals surface area contributed by atoms with E-state index in [2.05, 4.69) is 0 Å². The monoisotopic (exact) mass is 902 g/mol. The van der Waals surface area contributed by atoms with Gasteiger partial charge < -0.3 is 39.5 Å². The van der Waals surface area contributed by atoms with E-state index in [4.69, 9.17) is 14.2 Å². The van der Waals surface area contributed by atoms with Gasteiger partial charge in [-0.15, -0.1) is 0 Å². The first-order valence-corrected chi connectivity index (χ1v) is 23.6. The van der Waals surface area contributed by atoms with Crippen LogP contribution in [0.5, 0.6) is 0 Å². The first-order chi connectivity index (χ1) is 30.2. The highest BCUT2D eigenvalue weighted by molar-refractivity contribution is 6.39. The minimum atomic E-state index is -2.45. The lowest BCUT2D eigenvalue weighted by atomic mass is 9.79. The zero-order valence-electron chi connectivity index (χ0n) is 39.3. The second-order valence-electron chi connectivity index (χ2n) is 19.5. The molecule has 4 aliphatic rings. The van der Waals surface area contributed by atoms with Gasteiger partial charge in [0.05, 0.1) is 36.9 Å². The Morgan fingerprint density at radius 3 is 2.31 bits per heavy atom. The third-order valence-electron chi connectivity index (χ3n) is 14.3. The molecule has 1 saturated carbocycles. The minimum Gasteiger partial charge on any atom is -0.460 e. The molecule has 15 atom stereocenters. The van der Waals surface area contributed by atoms with Gasteiger partial charge in [0, 0.05) is 44.2 Å². The molecule has 0 aromatic carbocycles. The van der Waals surface area contributed by atoms with E-state index in [1.54, 1.807) is 40.9 Å². The summed E-state index contributed by atoms with van der Waals surface area (Å²) in [6.07, 6.45) is 9.02. The fourth-order valence-electron chi connectivity index (χ4n) is 9.96. The number of ether oxygens (including phenoxy) is 3. The van der Waals surface area contributed by atoms with Gasteiger partial charge in [-0.25, -0.2) is 9.18 Å². The van der Waals surface area contributed by atoms with Crippen LogP contribution in [-0.2, 0) is 38.2 Å². The maximum atomic E-state index is 14.7. The first kappa shape index (κ1) is 53.2. The van der Waals surface area contributed by atoms with Crippen LogP contribution in [0.2, 0.25) is 0 Å². The van der Waals surface area contributed by atoms with Crippen molar-refractivity contribution in [3.63, 3.8) is 0 Å². The van der Waals surface area contributed by atoms with Crippen LogP contribution < -0.4 is 0 Å². The Kier molecular flexibility index (Phi) is 20.3. The number of amides is 1. The molecule has 14 heteroatoms. The van der Waals surface area contributed by atoms with Crippen molar-refractivity contribution < 1.29 is 63.0 Å². The molecule has 0 aromatic rings. The number of hydrogen-bond donors (Lipinski definition) is 4. The number of methoxy groups -OCH3 is 1. The number of halogens is 1. The Labute approximate surface area is 379 Å². The van der Waals surface area contributed by atoms with E-state index < -0.39 is 102 Å². The number of carbonyl (C=O) groups excluding carboxylic acids is 5. The number of esters is 1. The summed E-state index contributed by atoms with van der Waals surface area (Å²) in [4.78, 5) is 71.3. The van der Waals surface area contributed by atoms with Crippen LogP contribution in [0.3, 0.4) is 0 Å². The average Bonchev–Trinajstić information content (AvgIpc) is 3.26. The maximum absolute atomic E-state index is 14.7. The molecule has 1 aliphatic carbocycles. The Hall–Kier alpha value is -3.40. The molecule has 360 valence electrons. The average molecular weight is 902 g/mol. The molecular weight excluding hydrogens is 826 g/mol. The zero-order chi connectivity index (χ0) is 47.5. The van der Waals surface area contributed by atoms with Crippen molar-refractivity contribution in [3.8, 4) is 0 Å². The third-order valence-corrected chi connectivity index (χ3v) is 14.3. The number of rotatable bonds is 5. The number of nitrogens with zero attached hydrogens (tertiary/aromatic N) is 1. The van der Waals surface area contributed by atoms with Crippen LogP contribution in [0.1, 0.15) is 126 Å². The van der Waals surface area contributed by atoms with Gasteiger partial charge in [-0.2, -0.15) is 0 Å². The van der Waals surface area contributed by atoms with Crippen LogP contribution >= 0.6 is 0 Å². The lowest BCUT2D eigenvalue weighted by molar-refractivity contribution is -0.265. The third kappa shape index (κ3) is 13.8. The van der Waals surface area contributed by atoms with Crippen molar-refractivity contribution in [2.75, 3.05) is 20.3 Å². The van der Waals surface area contributed by atoms with E-state index in [0.717, 1.165) is 10.5 Å². The van der Waals surface area contributed by atoms with Crippen LogP contribution in [0.25, 0.3) is 0 Å². The normalized spacial score (nSPS) is 39.5. The molecule has 3 aliphatic heterocycles. The molecule has 13 nitrogen and oxygen atoms in total. The number of carbonyl (C=O) groups is 5. The molecule has 2 bridgehead atoms. The lowest BCUT2D eigenvalue weighted by Gasteiger charge is -2.42. The topological polar surface area (TPSA) is 197 Å². The summed E-state index contributed by atoms with van der Waals surface area (Å²) >= 11 is 0. The molecule has 0 aromatic heterocycles. The summed E-state index contributed by atoms with van der Waals surface area (Å²) in [6, 6.07) is -1.19. The van der Waals surface area contributed by atoms with Crippen LogP contribution in [0.15, 0.2) is 47.6 Å². The molecule has 3 fully saturated rings. The van der Waals surface area contributed by atoms with Crippen molar-refractivity contribution in [1.82, 2.24) is 4.90 Å². The second-order valence-corrected chi connectivity index (χ2v) is 19.5. The summed E-state index contributed by atoms with van der Waals surface area (Å²) in [5, 5.41) is 43.6. The molecule has 0 unspecified atom stereocenters. The Balaban J connectivity index is 1.70. The van der Waals surface area contributed by atoms with Gasteiger partial charge in [0.1, 0.15) is 29.9 Å². The van der Waals surface area contributed by atoms with E-state index in [-0.39, 0.29) is 55.6 Å². The second kappa shape index (κ2) is 24.4. The van der Waals surface area contributed by atoms with E-state index in [9.17, 15) is 48.8 Å². The predicted molar refractivity (Wildman–Crippen MR) is 239 cm³/mol. The summed E-state index contributed by atoms with van der Waals surface area (Å²) < 4.78 is 32.7. The number of allylic oxidation sites excluding steroid dienone is 6. The molecule has 3 heterocycles. The lowest BCUT2D eigenvalue weighted by Crippen LogP contribution is -2.61. The zero-order valence-corrected chi connectivity index (χ0v) is 39.3. The van der Waals surface area contributed by atoms with Crippen LogP contribution in [0.4, 0.5) is 4.39 Å². The number of Topliss-reactive ketones (excluding diaryl/α,β-unsaturated/α-hetero) is 3. The molecule has 4 N–H and O–H groups in total. The van der Waals surface area contributed by atoms with Crippen molar-refractivity contribution in [2.45, 2.75) is 174 Å². The van der Waals surface area contributed by atoms with E-state index in [1.807, 2.05) is 51.2 Å². The van der Waals surface area contributed by atoms with Gasteiger partial charge in [0.2, 0.25) is 5.79 Å². The van der Waals surface area contributed by atoms with Crippen molar-refractivity contribution in [1.29, 1.82) is 0 Å². The maximum Gasteiger partial charge on any atom is 0.329 e. The summed E-state index contributed by atoms with van der Waals surface area (Å²) in [5.74, 6) is -9.92. The fraction of sp³-hybridized carbons (Fsp3) is 0.740. The highest BCUT2D eigenvalue weighted by atomic mass is 19.1. The first-order valence-electron chi connectivity index (χ1n) is 23.6. The van der Waals surface area contributed by atoms with Gasteiger partial charge in [0.25, 0.3) is 11.7 Å². The standard InChI is InChI=1S/C50H76FNO12/c1-29-14-10-9-11-15-30(2)43(62-8)26-37-19-17-35(7)50(61,64-37)47(58)48(59)52-21-13-12-16-40(52)49(60)63-44(32(4)24-36-18-20-41(54)39(51)25-36)27-42(55)31(3)23-34(6)46(57)38(28-53)45(56)33(5)22-29/h9-11,14-15,23,29,31-33,35-41,43-44,46,53-54,57,61H,12-13,16-22,24-28H2,1-8H3/b11-9?,14-10+,30-15?,34-23+/t29-,31-,32-,33-,35-,36+,37+,38+,39-,40+,41-,43+,44+,46-,50-/m1/s1. The Bertz CT molecular complexity index is 1740. The number of ketones is 3. The van der Waals surface area contributed by atoms with Crippen molar-refractivity contribution >= 4 is 29.2 Å². The van der Waals surface area contributed by atoms with Crippen molar-refractivity contribution in [2.24, 2.45) is 41.4 Å². The highest BCUT2D eigenvalue weighted by Gasteiger charge is 2.53. The highest BCUT2D eigenvalue weighted by Crippen LogP contribution is 2.38. The summed E-state index contributed by atoms with van der Waals surface area (Å²) in [5.41, 5.74) is 1.18. The van der Waals surface area contributed by atoms with Gasteiger partial charge in [0.15, 0.2) is 0 Å². The van der Waals surface area contributed by atoms with Gasteiger partial charge in [-0.05, 0) is 107 Å². The molecule has 1 amide bonds. The molecule has 2 saturated heterocycles. The number of aliphatic hydroxyl groups is 4. The number of piperidine rings is 1. The minimum absolute atomic E-state index is 0.0188. The molecule has 64 heavy (non-hydrogen) atoms. The van der Waals surface area contributed by atoms with Crippen LogP contribution in [-0.4, -0.2) is 123 Å². The fourth-order valence-corrected chi connectivity index (χ4v) is 9.96. The Morgan fingerprint density at radius 1 is 0.922 bits per heavy atom. The number of alkyl halides is 1. The van der Waals surface area contributed by atoms with Crippen LogP contribution in [0, 0.1) is 41.4 Å². The van der Waals surface area contributed by atoms with Gasteiger partial charge in [-0.1, -0.05) is 71.1 Å². The van der Waals surface area contributed by atoms with Crippen molar-refractivity contribution in [3.05, 3.63) is 47.6 Å². The number of cyclic esters (lactones) is 1.